The predicted octanol–water partition coefficient (Wildman–Crippen LogP) is 6.72. The number of rotatable bonds is 4. The van der Waals surface area contributed by atoms with Gasteiger partial charge in [-0.2, -0.15) is 4.57 Å². The van der Waals surface area contributed by atoms with Crippen LogP contribution in [0.2, 0.25) is 0 Å². The Morgan fingerprint density at radius 2 is 1.43 bits per heavy atom. The van der Waals surface area contributed by atoms with E-state index in [0.717, 1.165) is 38.5 Å². The molecule has 0 spiro atoms. The number of carbonyl (C=O) groups is 2. The highest BCUT2D eigenvalue weighted by Gasteiger charge is 2.23. The molecule has 0 saturated heterocycles. The Kier molecular flexibility index (Phi) is 6.96. The zero-order valence-electron chi connectivity index (χ0n) is 22.6. The molecular formula is C31H35N2O4+. The number of esters is 1. The average molecular weight is 500 g/mol. The van der Waals surface area contributed by atoms with Crippen molar-refractivity contribution in [2.75, 3.05) is 5.32 Å². The van der Waals surface area contributed by atoms with Crippen molar-refractivity contribution in [3.8, 4) is 11.3 Å². The molecule has 0 radical (unpaired) electrons. The highest BCUT2D eigenvalue weighted by Crippen LogP contribution is 2.33. The molecule has 1 amide bonds. The maximum atomic E-state index is 12.5. The van der Waals surface area contributed by atoms with Crippen LogP contribution in [0.1, 0.15) is 47.1 Å². The summed E-state index contributed by atoms with van der Waals surface area (Å²) in [5.41, 5.74) is 3.45. The van der Waals surface area contributed by atoms with Gasteiger partial charge in [-0.15, -0.1) is 0 Å². The minimum Gasteiger partial charge on any atom is -0.460 e. The van der Waals surface area contributed by atoms with E-state index in [1.807, 2.05) is 91.1 Å². The first-order valence-electron chi connectivity index (χ1n) is 12.5. The molecule has 6 heteroatoms. The van der Waals surface area contributed by atoms with Gasteiger partial charge in [0.15, 0.2) is 0 Å². The minimum absolute atomic E-state index is 0.196. The van der Waals surface area contributed by atoms with E-state index in [2.05, 4.69) is 34.1 Å². The van der Waals surface area contributed by atoms with Crippen molar-refractivity contribution in [3.63, 3.8) is 0 Å². The van der Waals surface area contributed by atoms with E-state index < -0.39 is 17.3 Å². The van der Waals surface area contributed by atoms with Crippen LogP contribution in [0.15, 0.2) is 66.7 Å². The lowest BCUT2D eigenvalue weighted by molar-refractivity contribution is -0.632. The number of ether oxygens (including phenoxy) is 2. The highest BCUT2D eigenvalue weighted by molar-refractivity contribution is 6.10. The molecule has 4 aromatic rings. The minimum atomic E-state index is -0.584. The van der Waals surface area contributed by atoms with Crippen LogP contribution in [0.3, 0.4) is 0 Å². The molecule has 0 unspecified atom stereocenters. The molecule has 6 nitrogen and oxygen atoms in total. The van der Waals surface area contributed by atoms with Crippen molar-refractivity contribution in [3.05, 3.63) is 72.3 Å². The molecule has 3 aromatic carbocycles. The second kappa shape index (κ2) is 9.85. The van der Waals surface area contributed by atoms with Crippen molar-refractivity contribution < 1.29 is 23.6 Å². The van der Waals surface area contributed by atoms with Gasteiger partial charge in [0.25, 0.3) is 0 Å². The number of nitrogens with one attached hydrogen (secondary N) is 1. The molecule has 1 aromatic heterocycles. The number of carbonyl (C=O) groups excluding carboxylic acids is 2. The SMILES string of the molecule is C[n+]1c(-c2ccccc2)c2cc(CC(=O)OC(C)(C)C)ccc2c2ccc(NC(=O)OC(C)(C)C)cc21. The van der Waals surface area contributed by atoms with Crippen LogP contribution >= 0.6 is 0 Å². The monoisotopic (exact) mass is 499 g/mol. The molecular weight excluding hydrogens is 464 g/mol. The van der Waals surface area contributed by atoms with Gasteiger partial charge in [-0.25, -0.2) is 4.79 Å². The average Bonchev–Trinajstić information content (AvgIpc) is 2.77. The van der Waals surface area contributed by atoms with Gasteiger partial charge < -0.3 is 9.47 Å². The number of fused-ring (bicyclic) bond motifs is 3. The number of amides is 1. The summed E-state index contributed by atoms with van der Waals surface area (Å²) in [6.07, 6.45) is -0.299. The summed E-state index contributed by atoms with van der Waals surface area (Å²) in [6, 6.07) is 22.1. The van der Waals surface area contributed by atoms with E-state index >= 15 is 0 Å². The molecule has 0 bridgehead atoms. The second-order valence-corrected chi connectivity index (χ2v) is 11.3. The summed E-state index contributed by atoms with van der Waals surface area (Å²) in [4.78, 5) is 24.9. The molecule has 0 saturated carbocycles. The molecule has 0 aliphatic heterocycles. The molecule has 192 valence electrons. The van der Waals surface area contributed by atoms with Crippen molar-refractivity contribution in [1.82, 2.24) is 0 Å². The number of anilines is 1. The van der Waals surface area contributed by atoms with Gasteiger partial charge in [0.2, 0.25) is 11.2 Å². The van der Waals surface area contributed by atoms with Crippen LogP contribution in [0.5, 0.6) is 0 Å². The van der Waals surface area contributed by atoms with Gasteiger partial charge in [-0.3, -0.25) is 10.1 Å². The fourth-order valence-electron chi connectivity index (χ4n) is 4.46. The summed E-state index contributed by atoms with van der Waals surface area (Å²) >= 11 is 0. The van der Waals surface area contributed by atoms with E-state index in [-0.39, 0.29) is 12.4 Å². The second-order valence-electron chi connectivity index (χ2n) is 11.3. The van der Waals surface area contributed by atoms with Gasteiger partial charge in [0.1, 0.15) is 18.2 Å². The van der Waals surface area contributed by atoms with Crippen molar-refractivity contribution in [2.45, 2.75) is 59.2 Å². The molecule has 37 heavy (non-hydrogen) atoms. The quantitative estimate of drug-likeness (QED) is 0.192. The standard InChI is InChI=1S/C31H34N2O4/c1-30(2,3)36-27(34)18-20-13-15-23-24-16-14-22(32-29(35)37-31(4,5)6)19-26(24)33(7)28(25(23)17-20)21-11-9-8-10-12-21/h8-17,19H,18H2,1-7H3/p+1. The van der Waals surface area contributed by atoms with E-state index in [1.165, 1.54) is 0 Å². The molecule has 0 aliphatic carbocycles. The summed E-state index contributed by atoms with van der Waals surface area (Å²) in [5.74, 6) is -0.254. The fourth-order valence-corrected chi connectivity index (χ4v) is 4.46. The third-order valence-corrected chi connectivity index (χ3v) is 5.78. The number of nitrogens with zero attached hydrogens (tertiary/aromatic N) is 1. The number of aryl methyl sites for hydroxylation is 1. The Balaban J connectivity index is 1.85. The van der Waals surface area contributed by atoms with Crippen LogP contribution in [-0.4, -0.2) is 23.3 Å². The van der Waals surface area contributed by atoms with Crippen LogP contribution in [-0.2, 0) is 27.7 Å². The Hall–Kier alpha value is -3.93. The number of pyridine rings is 1. The van der Waals surface area contributed by atoms with Crippen LogP contribution in [0.4, 0.5) is 10.5 Å². The first-order chi connectivity index (χ1) is 17.3. The zero-order valence-corrected chi connectivity index (χ0v) is 22.6. The maximum Gasteiger partial charge on any atom is 0.412 e. The lowest BCUT2D eigenvalue weighted by Crippen LogP contribution is -2.33. The molecule has 0 atom stereocenters. The van der Waals surface area contributed by atoms with E-state index in [1.54, 1.807) is 0 Å². The maximum absolute atomic E-state index is 12.5. The van der Waals surface area contributed by atoms with Gasteiger partial charge in [-0.1, -0.05) is 30.3 Å². The Morgan fingerprint density at radius 1 is 0.784 bits per heavy atom. The smallest absolute Gasteiger partial charge is 0.412 e. The lowest BCUT2D eigenvalue weighted by Gasteiger charge is -2.20. The van der Waals surface area contributed by atoms with E-state index in [9.17, 15) is 9.59 Å². The van der Waals surface area contributed by atoms with Gasteiger partial charge in [0.05, 0.1) is 22.9 Å². The summed E-state index contributed by atoms with van der Waals surface area (Å²) in [5, 5.41) is 5.98. The van der Waals surface area contributed by atoms with Crippen LogP contribution in [0.25, 0.3) is 32.9 Å². The Labute approximate surface area is 218 Å². The fraction of sp³-hybridized carbons (Fsp3) is 0.323. The number of benzene rings is 3. The summed E-state index contributed by atoms with van der Waals surface area (Å²) in [7, 11) is 2.02. The van der Waals surface area contributed by atoms with Crippen molar-refractivity contribution in [2.24, 2.45) is 7.05 Å². The number of hydrogen-bond acceptors (Lipinski definition) is 4. The zero-order chi connectivity index (χ0) is 27.0. The lowest BCUT2D eigenvalue weighted by atomic mass is 9.96. The van der Waals surface area contributed by atoms with Crippen molar-refractivity contribution in [1.29, 1.82) is 0 Å². The third kappa shape index (κ3) is 6.26. The molecule has 1 heterocycles. The summed E-state index contributed by atoms with van der Waals surface area (Å²) in [6.45, 7) is 11.1. The normalized spacial score (nSPS) is 12.0. The highest BCUT2D eigenvalue weighted by atomic mass is 16.6. The van der Waals surface area contributed by atoms with Crippen molar-refractivity contribution >= 4 is 39.4 Å². The number of hydrogen-bond donors (Lipinski definition) is 1. The Morgan fingerprint density at radius 3 is 2.08 bits per heavy atom. The van der Waals surface area contributed by atoms with E-state index in [0.29, 0.717) is 5.69 Å². The first-order valence-corrected chi connectivity index (χ1v) is 12.5. The molecule has 0 fully saturated rings. The van der Waals surface area contributed by atoms with E-state index in [4.69, 9.17) is 9.47 Å². The third-order valence-electron chi connectivity index (χ3n) is 5.78. The van der Waals surface area contributed by atoms with Gasteiger partial charge in [-0.05, 0) is 77.4 Å². The van der Waals surface area contributed by atoms with Crippen LogP contribution in [0, 0.1) is 0 Å². The van der Waals surface area contributed by atoms with Crippen LogP contribution < -0.4 is 9.88 Å². The van der Waals surface area contributed by atoms with Gasteiger partial charge >= 0.3 is 12.1 Å². The number of aromatic nitrogens is 1. The van der Waals surface area contributed by atoms with Gasteiger partial charge in [0, 0.05) is 17.0 Å². The first kappa shape index (κ1) is 26.1. The summed E-state index contributed by atoms with van der Waals surface area (Å²) < 4.78 is 13.1. The molecule has 1 N–H and O–H groups in total. The predicted molar refractivity (Wildman–Crippen MR) is 147 cm³/mol. The molecule has 4 rings (SSSR count). The Bertz CT molecular complexity index is 1480. The topological polar surface area (TPSA) is 68.5 Å². The molecule has 0 aliphatic rings. The largest absolute Gasteiger partial charge is 0.460 e.